The fourth-order valence-corrected chi connectivity index (χ4v) is 17.2. The first-order valence-corrected chi connectivity index (χ1v) is 49.7. The fraction of sp³-hybridized carbons (Fsp3) is 0.935. The van der Waals surface area contributed by atoms with E-state index in [2.05, 4.69) is 53.7 Å². The number of aliphatic hydroxyl groups is 9. The fourth-order valence-electron chi connectivity index (χ4n) is 16.2. The molecule has 2 saturated heterocycles. The Labute approximate surface area is 718 Å². The molecule has 0 aromatic carbocycles. The molecule has 3 fully saturated rings. The Morgan fingerprint density at radius 2 is 0.681 bits per heavy atom. The number of hydrogen-bond acceptors (Lipinski definition) is 24. The van der Waals surface area contributed by atoms with E-state index < -0.39 is 162 Å². The van der Waals surface area contributed by atoms with Gasteiger partial charge in [-0.1, -0.05) is 349 Å². The Bertz CT molecular complexity index is 2550. The maximum absolute atomic E-state index is 14.9. The lowest BCUT2D eigenvalue weighted by molar-refractivity contribution is -0.360. The maximum Gasteiger partial charge on any atom is 0.472 e. The predicted octanol–water partition coefficient (Wildman–Crippen LogP) is 18.0. The van der Waals surface area contributed by atoms with Crippen molar-refractivity contribution in [1.29, 1.82) is 0 Å². The summed E-state index contributed by atoms with van der Waals surface area (Å²) in [7, 11) is -5.81. The van der Waals surface area contributed by atoms with Gasteiger partial charge in [0.25, 0.3) is 0 Å². The van der Waals surface area contributed by atoms with Gasteiger partial charge in [0.15, 0.2) is 24.8 Å². The molecular weight excluding hydrogens is 1550 g/mol. The second-order valence-corrected chi connectivity index (χ2v) is 36.5. The number of hydrogen-bond donors (Lipinski definition) is 10. The lowest BCUT2D eigenvalue weighted by Crippen LogP contribution is -2.70. The van der Waals surface area contributed by atoms with Gasteiger partial charge in [0.2, 0.25) is 0 Å². The molecule has 20 unspecified atom stereocenters. The van der Waals surface area contributed by atoms with Gasteiger partial charge >= 0.3 is 31.7 Å². The molecule has 1 saturated carbocycles. The molecule has 2 heterocycles. The van der Waals surface area contributed by atoms with E-state index in [1.54, 1.807) is 0 Å². The standard InChI is InChI=1S/C93H173O25P/c1-7-11-15-19-23-25-27-29-30-32-34-35-37-49-57-65-78(97)112-73(68-109-76(95)63-55-47-41-39-45-53-61-71(5)59-51-43-21-17-13-9-3)69-111-119(107,108)118-91-89(116-92-86(105)82(101)80(99)74(67-94)113-92)85(104)84(103)88(115-79(98)66-58-50-38-36-33-31-28-26-24-20-16-12-8-2)90(91)117-93-87(106)83(102)81(100)75(114-93)70-110-77(96)64-56-48-42-40-46-54-62-72(6)60-52-44-22-18-14-10-4/h25,27,71-75,80-94,99-106H,7-24,26,28-70H2,1-6H3,(H,107,108)/b27-25-. The van der Waals surface area contributed by atoms with Gasteiger partial charge in [-0.05, 0) is 63.2 Å². The third-order valence-electron chi connectivity index (χ3n) is 24.1. The molecule has 2 aliphatic heterocycles. The molecule has 20 atom stereocenters. The van der Waals surface area contributed by atoms with E-state index in [9.17, 15) is 74.6 Å². The van der Waals surface area contributed by atoms with Gasteiger partial charge in [-0.3, -0.25) is 28.2 Å². The molecule has 0 aromatic heterocycles. The molecule has 0 spiro atoms. The summed E-state index contributed by atoms with van der Waals surface area (Å²) in [4.78, 5) is 66.6. The molecule has 25 nitrogen and oxygen atoms in total. The van der Waals surface area contributed by atoms with E-state index in [0.29, 0.717) is 50.4 Å². The van der Waals surface area contributed by atoms with E-state index in [4.69, 9.17) is 46.9 Å². The van der Waals surface area contributed by atoms with Crippen LogP contribution in [0.15, 0.2) is 12.2 Å². The maximum atomic E-state index is 14.9. The van der Waals surface area contributed by atoms with Crippen LogP contribution >= 0.6 is 7.82 Å². The van der Waals surface area contributed by atoms with E-state index in [-0.39, 0.29) is 25.7 Å². The van der Waals surface area contributed by atoms with E-state index in [1.807, 2.05) is 0 Å². The summed E-state index contributed by atoms with van der Waals surface area (Å²) in [5, 5.41) is 102. The number of rotatable bonds is 77. The number of phosphoric ester groups is 1. The summed E-state index contributed by atoms with van der Waals surface area (Å²) < 4.78 is 73.6. The van der Waals surface area contributed by atoms with Gasteiger partial charge in [0, 0.05) is 25.7 Å². The highest BCUT2D eigenvalue weighted by Gasteiger charge is 2.60. The Morgan fingerprint density at radius 1 is 0.353 bits per heavy atom. The molecular formula is C93H173O25P. The topological polar surface area (TPSA) is 380 Å². The van der Waals surface area contributed by atoms with Crippen molar-refractivity contribution >= 4 is 31.7 Å². The normalized spacial score (nSPS) is 25.4. The van der Waals surface area contributed by atoms with Gasteiger partial charge in [0.1, 0.15) is 92.6 Å². The van der Waals surface area contributed by atoms with Crippen LogP contribution in [0, 0.1) is 11.8 Å². The second kappa shape index (κ2) is 70.3. The second-order valence-electron chi connectivity index (χ2n) is 35.1. The van der Waals surface area contributed by atoms with E-state index in [0.717, 1.165) is 141 Å². The molecule has 0 radical (unpaired) electrons. The highest BCUT2D eigenvalue weighted by atomic mass is 31.2. The largest absolute Gasteiger partial charge is 0.472 e. The third-order valence-corrected chi connectivity index (χ3v) is 25.0. The predicted molar refractivity (Wildman–Crippen MR) is 462 cm³/mol. The lowest BCUT2D eigenvalue weighted by atomic mass is 9.84. The minimum Gasteiger partial charge on any atom is -0.463 e. The zero-order valence-electron chi connectivity index (χ0n) is 75.0. The zero-order valence-corrected chi connectivity index (χ0v) is 75.9. The molecule has 0 aromatic rings. The van der Waals surface area contributed by atoms with Crippen molar-refractivity contribution in [2.75, 3.05) is 26.4 Å². The number of carbonyl (C=O) groups is 4. The van der Waals surface area contributed by atoms with E-state index >= 15 is 0 Å². The van der Waals surface area contributed by atoms with Gasteiger partial charge in [0.05, 0.1) is 13.2 Å². The summed E-state index contributed by atoms with van der Waals surface area (Å²) in [5.74, 6) is -1.59. The Morgan fingerprint density at radius 3 is 1.09 bits per heavy atom. The first-order valence-electron chi connectivity index (χ1n) is 48.2. The van der Waals surface area contributed by atoms with Crippen molar-refractivity contribution in [3.63, 3.8) is 0 Å². The number of allylic oxidation sites excluding steroid dienone is 2. The average Bonchev–Trinajstić information content (AvgIpc) is 0.755. The van der Waals surface area contributed by atoms with Crippen molar-refractivity contribution < 1.29 is 122 Å². The molecule has 119 heavy (non-hydrogen) atoms. The van der Waals surface area contributed by atoms with Crippen LogP contribution in [0.1, 0.15) is 414 Å². The number of esters is 4. The van der Waals surface area contributed by atoms with Crippen molar-refractivity contribution in [3.8, 4) is 0 Å². The van der Waals surface area contributed by atoms with Crippen LogP contribution in [-0.2, 0) is 70.7 Å². The Balaban J connectivity index is 1.92. The Kier molecular flexibility index (Phi) is 65.2. The molecule has 26 heteroatoms. The number of phosphoric acid groups is 1. The molecule has 700 valence electrons. The van der Waals surface area contributed by atoms with Crippen molar-refractivity contribution in [3.05, 3.63) is 12.2 Å². The monoisotopic (exact) mass is 1720 g/mol. The third kappa shape index (κ3) is 51.0. The van der Waals surface area contributed by atoms with Gasteiger partial charge in [-0.2, -0.15) is 0 Å². The summed E-state index contributed by atoms with van der Waals surface area (Å²) in [6, 6.07) is 0. The summed E-state index contributed by atoms with van der Waals surface area (Å²) in [6.07, 6.45) is 26.3. The highest BCUT2D eigenvalue weighted by molar-refractivity contribution is 7.47. The first-order chi connectivity index (χ1) is 57.5. The smallest absolute Gasteiger partial charge is 0.463 e. The van der Waals surface area contributed by atoms with Crippen LogP contribution < -0.4 is 0 Å². The highest BCUT2D eigenvalue weighted by Crippen LogP contribution is 2.49. The minimum absolute atomic E-state index is 0.0156. The molecule has 10 N–H and O–H groups in total. The average molecular weight is 1720 g/mol. The van der Waals surface area contributed by atoms with Gasteiger partial charge < -0.3 is 88.7 Å². The molecule has 1 aliphatic carbocycles. The first kappa shape index (κ1) is 110. The van der Waals surface area contributed by atoms with Crippen LogP contribution in [-0.4, -0.2) is 205 Å². The summed E-state index contributed by atoms with van der Waals surface area (Å²) in [6.45, 7) is 10.3. The summed E-state index contributed by atoms with van der Waals surface area (Å²) in [5.41, 5.74) is 0. The van der Waals surface area contributed by atoms with Gasteiger partial charge in [-0.25, -0.2) is 4.57 Å². The number of unbranched alkanes of at least 4 members (excludes halogenated alkanes) is 43. The Hall–Kier alpha value is -2.79. The van der Waals surface area contributed by atoms with Crippen LogP contribution in [0.4, 0.5) is 0 Å². The molecule has 0 amide bonds. The van der Waals surface area contributed by atoms with Crippen LogP contribution in [0.3, 0.4) is 0 Å². The van der Waals surface area contributed by atoms with Gasteiger partial charge in [-0.15, -0.1) is 0 Å². The minimum atomic E-state index is -5.81. The number of aliphatic hydroxyl groups excluding tert-OH is 9. The number of ether oxygens (including phenoxy) is 8. The lowest BCUT2D eigenvalue weighted by Gasteiger charge is -2.50. The number of carbonyl (C=O) groups excluding carboxylic acids is 4. The van der Waals surface area contributed by atoms with Crippen molar-refractivity contribution in [1.82, 2.24) is 0 Å². The molecule has 3 rings (SSSR count). The molecule has 3 aliphatic rings. The van der Waals surface area contributed by atoms with Crippen molar-refractivity contribution in [2.24, 2.45) is 11.8 Å². The van der Waals surface area contributed by atoms with Crippen LogP contribution in [0.25, 0.3) is 0 Å². The van der Waals surface area contributed by atoms with Crippen molar-refractivity contribution in [2.45, 2.75) is 518 Å². The molecule has 0 bridgehead atoms. The van der Waals surface area contributed by atoms with Crippen LogP contribution in [0.2, 0.25) is 0 Å². The SMILES string of the molecule is CCCCCC/C=C\CCCCCCCCCC(=O)OC(COC(=O)CCCCCCCCC(C)CCCCCCCC)COP(=O)(O)OC1C(OC2OC(CO)C(O)C(O)C2O)C(O)C(O)C(OC(=O)CCCCCCCCCCCCCCC)C1OC1OC(COC(=O)CCCCCCCCC(C)CCCCCCCC)C(O)C(O)C1O. The quantitative estimate of drug-likeness (QED) is 0.00889. The zero-order chi connectivity index (χ0) is 87.1. The summed E-state index contributed by atoms with van der Waals surface area (Å²) >= 11 is 0. The van der Waals surface area contributed by atoms with E-state index in [1.165, 1.54) is 167 Å². The van der Waals surface area contributed by atoms with Crippen LogP contribution in [0.5, 0.6) is 0 Å².